The van der Waals surface area contributed by atoms with E-state index < -0.39 is 30.9 Å². The Labute approximate surface area is 114 Å². The SMILES string of the molecule is O=C(O)C1Cc2ccccc2N(C(=O)NCC(F)F)C1. The Morgan fingerprint density at radius 3 is 2.75 bits per heavy atom. The summed E-state index contributed by atoms with van der Waals surface area (Å²) in [5.74, 6) is -1.74. The molecule has 1 unspecified atom stereocenters. The number of amides is 2. The van der Waals surface area contributed by atoms with Gasteiger partial charge < -0.3 is 10.4 Å². The maximum atomic E-state index is 12.1. The molecular weight excluding hydrogens is 270 g/mol. The molecule has 1 aromatic carbocycles. The van der Waals surface area contributed by atoms with Gasteiger partial charge in [0.15, 0.2) is 0 Å². The van der Waals surface area contributed by atoms with Gasteiger partial charge >= 0.3 is 12.0 Å². The van der Waals surface area contributed by atoms with Crippen LogP contribution in [0.25, 0.3) is 0 Å². The summed E-state index contributed by atoms with van der Waals surface area (Å²) in [4.78, 5) is 24.3. The number of carbonyl (C=O) groups is 2. The lowest BCUT2D eigenvalue weighted by molar-refractivity contribution is -0.141. The zero-order valence-corrected chi connectivity index (χ0v) is 10.6. The number of fused-ring (bicyclic) bond motifs is 1. The Bertz CT molecular complexity index is 522. The Morgan fingerprint density at radius 1 is 1.40 bits per heavy atom. The van der Waals surface area contributed by atoms with Gasteiger partial charge in [-0.3, -0.25) is 9.69 Å². The van der Waals surface area contributed by atoms with Crippen molar-refractivity contribution in [3.05, 3.63) is 29.8 Å². The predicted octanol–water partition coefficient (Wildman–Crippen LogP) is 1.72. The van der Waals surface area contributed by atoms with Crippen LogP contribution >= 0.6 is 0 Å². The van der Waals surface area contributed by atoms with Gasteiger partial charge in [0.2, 0.25) is 0 Å². The standard InChI is InChI=1S/C13H14F2N2O3/c14-11(15)6-16-13(20)17-7-9(12(18)19)5-8-3-1-2-4-10(8)17/h1-4,9,11H,5-7H2,(H,16,20)(H,18,19). The van der Waals surface area contributed by atoms with E-state index in [-0.39, 0.29) is 6.54 Å². The summed E-state index contributed by atoms with van der Waals surface area (Å²) in [6, 6.07) is 6.17. The van der Waals surface area contributed by atoms with Crippen LogP contribution in [0.5, 0.6) is 0 Å². The number of aliphatic carboxylic acids is 1. The minimum Gasteiger partial charge on any atom is -0.481 e. The molecule has 2 N–H and O–H groups in total. The van der Waals surface area contributed by atoms with E-state index in [0.29, 0.717) is 12.1 Å². The van der Waals surface area contributed by atoms with E-state index >= 15 is 0 Å². The number of alkyl halides is 2. The van der Waals surface area contributed by atoms with Crippen molar-refractivity contribution in [2.45, 2.75) is 12.8 Å². The van der Waals surface area contributed by atoms with E-state index in [2.05, 4.69) is 5.32 Å². The van der Waals surface area contributed by atoms with E-state index in [4.69, 9.17) is 5.11 Å². The van der Waals surface area contributed by atoms with Crippen LogP contribution in [0.3, 0.4) is 0 Å². The summed E-state index contributed by atoms with van der Waals surface area (Å²) in [5, 5.41) is 11.2. The molecule has 1 aliphatic rings. The minimum absolute atomic E-state index is 0.0264. The highest BCUT2D eigenvalue weighted by Crippen LogP contribution is 2.29. The number of carboxylic acid groups (broad SMARTS) is 1. The van der Waals surface area contributed by atoms with Gasteiger partial charge in [0.05, 0.1) is 12.5 Å². The predicted molar refractivity (Wildman–Crippen MR) is 68.0 cm³/mol. The second kappa shape index (κ2) is 5.85. The Hall–Kier alpha value is -2.18. The summed E-state index contributed by atoms with van der Waals surface area (Å²) in [6.07, 6.45) is -2.32. The van der Waals surface area contributed by atoms with Crippen molar-refractivity contribution >= 4 is 17.7 Å². The number of benzene rings is 1. The molecule has 5 nitrogen and oxygen atoms in total. The lowest BCUT2D eigenvalue weighted by atomic mass is 9.93. The number of para-hydroxylation sites is 1. The van der Waals surface area contributed by atoms with Crippen molar-refractivity contribution in [3.63, 3.8) is 0 Å². The molecule has 7 heteroatoms. The molecule has 2 rings (SSSR count). The molecule has 1 heterocycles. The number of carbonyl (C=O) groups excluding carboxylic acids is 1. The van der Waals surface area contributed by atoms with Crippen LogP contribution in [0.2, 0.25) is 0 Å². The third-order valence-corrected chi connectivity index (χ3v) is 3.15. The molecular formula is C13H14F2N2O3. The van der Waals surface area contributed by atoms with Gasteiger partial charge in [0, 0.05) is 12.2 Å². The summed E-state index contributed by atoms with van der Waals surface area (Å²) in [7, 11) is 0. The minimum atomic E-state index is -2.64. The van der Waals surface area contributed by atoms with Crippen molar-refractivity contribution < 1.29 is 23.5 Å². The fourth-order valence-corrected chi connectivity index (χ4v) is 2.21. The number of carboxylic acids is 1. The van der Waals surface area contributed by atoms with Gasteiger partial charge in [0.1, 0.15) is 0 Å². The van der Waals surface area contributed by atoms with E-state index in [1.54, 1.807) is 24.3 Å². The smallest absolute Gasteiger partial charge is 0.322 e. The lowest BCUT2D eigenvalue weighted by Crippen LogP contribution is -2.48. The lowest BCUT2D eigenvalue weighted by Gasteiger charge is -2.32. The number of rotatable bonds is 3. The van der Waals surface area contributed by atoms with Gasteiger partial charge in [0.25, 0.3) is 6.43 Å². The van der Waals surface area contributed by atoms with Crippen LogP contribution in [0, 0.1) is 5.92 Å². The average Bonchev–Trinajstić information content (AvgIpc) is 2.43. The molecule has 0 bridgehead atoms. The van der Waals surface area contributed by atoms with E-state index in [9.17, 15) is 18.4 Å². The van der Waals surface area contributed by atoms with Crippen LogP contribution in [0.15, 0.2) is 24.3 Å². The number of anilines is 1. The molecule has 1 aliphatic heterocycles. The molecule has 0 aromatic heterocycles. The summed E-state index contributed by atoms with van der Waals surface area (Å²) in [5.41, 5.74) is 1.29. The average molecular weight is 284 g/mol. The van der Waals surface area contributed by atoms with E-state index in [1.165, 1.54) is 4.90 Å². The van der Waals surface area contributed by atoms with Crippen LogP contribution < -0.4 is 10.2 Å². The first-order valence-electron chi connectivity index (χ1n) is 6.13. The first-order valence-corrected chi connectivity index (χ1v) is 6.13. The number of urea groups is 1. The molecule has 108 valence electrons. The van der Waals surface area contributed by atoms with Crippen molar-refractivity contribution in [2.24, 2.45) is 5.92 Å². The summed E-state index contributed by atoms with van der Waals surface area (Å²) >= 11 is 0. The Kier molecular flexibility index (Phi) is 4.16. The van der Waals surface area contributed by atoms with Gasteiger partial charge in [-0.15, -0.1) is 0 Å². The molecule has 1 aromatic rings. The van der Waals surface area contributed by atoms with Crippen molar-refractivity contribution in [1.29, 1.82) is 0 Å². The molecule has 0 spiro atoms. The molecule has 0 radical (unpaired) electrons. The van der Waals surface area contributed by atoms with Crippen LogP contribution in [0.4, 0.5) is 19.3 Å². The Morgan fingerprint density at radius 2 is 2.10 bits per heavy atom. The zero-order chi connectivity index (χ0) is 14.7. The summed E-state index contributed by atoms with van der Waals surface area (Å²) < 4.78 is 24.3. The Balaban J connectivity index is 2.22. The van der Waals surface area contributed by atoms with Crippen molar-refractivity contribution in [3.8, 4) is 0 Å². The molecule has 0 fully saturated rings. The number of nitrogens with one attached hydrogen (secondary N) is 1. The fraction of sp³-hybridized carbons (Fsp3) is 0.385. The second-order valence-electron chi connectivity index (χ2n) is 4.56. The van der Waals surface area contributed by atoms with Crippen LogP contribution in [-0.2, 0) is 11.2 Å². The first-order chi connectivity index (χ1) is 9.49. The first kappa shape index (κ1) is 14.2. The van der Waals surface area contributed by atoms with Crippen LogP contribution in [-0.4, -0.2) is 36.6 Å². The molecule has 20 heavy (non-hydrogen) atoms. The quantitative estimate of drug-likeness (QED) is 0.888. The monoisotopic (exact) mass is 284 g/mol. The molecule has 2 amide bonds. The zero-order valence-electron chi connectivity index (χ0n) is 10.6. The maximum absolute atomic E-state index is 12.1. The highest BCUT2D eigenvalue weighted by Gasteiger charge is 2.32. The van der Waals surface area contributed by atoms with E-state index in [1.807, 2.05) is 0 Å². The fourth-order valence-electron chi connectivity index (χ4n) is 2.21. The van der Waals surface area contributed by atoms with Gasteiger partial charge in [-0.2, -0.15) is 0 Å². The van der Waals surface area contributed by atoms with Crippen molar-refractivity contribution in [1.82, 2.24) is 5.32 Å². The molecule has 1 atom stereocenters. The highest BCUT2D eigenvalue weighted by atomic mass is 19.3. The molecule has 0 saturated heterocycles. The number of nitrogens with zero attached hydrogens (tertiary/aromatic N) is 1. The van der Waals surface area contributed by atoms with Crippen LogP contribution in [0.1, 0.15) is 5.56 Å². The van der Waals surface area contributed by atoms with Crippen molar-refractivity contribution in [2.75, 3.05) is 18.0 Å². The van der Waals surface area contributed by atoms with Gasteiger partial charge in [-0.1, -0.05) is 18.2 Å². The number of halogens is 2. The normalized spacial score (nSPS) is 17.8. The maximum Gasteiger partial charge on any atom is 0.322 e. The largest absolute Gasteiger partial charge is 0.481 e. The number of hydrogen-bond donors (Lipinski definition) is 2. The summed E-state index contributed by atoms with van der Waals surface area (Å²) in [6.45, 7) is -0.781. The highest BCUT2D eigenvalue weighted by molar-refractivity contribution is 5.94. The third kappa shape index (κ3) is 3.04. The molecule has 0 aliphatic carbocycles. The third-order valence-electron chi connectivity index (χ3n) is 3.15. The molecule has 0 saturated carbocycles. The van der Waals surface area contributed by atoms with Gasteiger partial charge in [-0.05, 0) is 18.1 Å². The van der Waals surface area contributed by atoms with Gasteiger partial charge in [-0.25, -0.2) is 13.6 Å². The second-order valence-corrected chi connectivity index (χ2v) is 4.56. The topological polar surface area (TPSA) is 69.6 Å². The van der Waals surface area contributed by atoms with E-state index in [0.717, 1.165) is 5.56 Å². The number of hydrogen-bond acceptors (Lipinski definition) is 2.